The number of halogens is 1. The van der Waals surface area contributed by atoms with Gasteiger partial charge in [-0.2, -0.15) is 0 Å². The molecule has 0 bridgehead atoms. The van der Waals surface area contributed by atoms with Crippen LogP contribution in [0.25, 0.3) is 0 Å². The Bertz CT molecular complexity index is 687. The van der Waals surface area contributed by atoms with Gasteiger partial charge in [0.05, 0.1) is 5.92 Å². The first-order valence-corrected chi connectivity index (χ1v) is 9.67. The standard InChI is InChI=1S/C21H25BrN2O/c1-23(14-17-6-3-2-4-7-17)21(25)19-8-5-13-24(16-19)15-18-9-11-20(22)12-10-18/h2-4,6-7,9-12,19H,5,8,13-16H2,1H3/t19-/m0/s1. The van der Waals surface area contributed by atoms with Crippen molar-refractivity contribution in [3.63, 3.8) is 0 Å². The number of benzene rings is 2. The summed E-state index contributed by atoms with van der Waals surface area (Å²) in [7, 11) is 1.92. The van der Waals surface area contributed by atoms with Gasteiger partial charge in [0.1, 0.15) is 0 Å². The van der Waals surface area contributed by atoms with Crippen LogP contribution in [-0.4, -0.2) is 35.8 Å². The molecule has 0 aliphatic carbocycles. The van der Waals surface area contributed by atoms with Crippen LogP contribution >= 0.6 is 15.9 Å². The van der Waals surface area contributed by atoms with Crippen molar-refractivity contribution in [2.24, 2.45) is 5.92 Å². The lowest BCUT2D eigenvalue weighted by Gasteiger charge is -2.34. The van der Waals surface area contributed by atoms with Crippen LogP contribution in [0.2, 0.25) is 0 Å². The van der Waals surface area contributed by atoms with Crippen molar-refractivity contribution in [1.29, 1.82) is 0 Å². The molecule has 1 aliphatic rings. The minimum Gasteiger partial charge on any atom is -0.341 e. The Kier molecular flexibility index (Phi) is 6.27. The van der Waals surface area contributed by atoms with Crippen molar-refractivity contribution < 1.29 is 4.79 Å². The highest BCUT2D eigenvalue weighted by molar-refractivity contribution is 9.10. The van der Waals surface area contributed by atoms with Crippen molar-refractivity contribution in [2.75, 3.05) is 20.1 Å². The van der Waals surface area contributed by atoms with E-state index in [2.05, 4.69) is 57.2 Å². The van der Waals surface area contributed by atoms with Gasteiger partial charge in [0.2, 0.25) is 5.91 Å². The molecule has 1 atom stereocenters. The number of rotatable bonds is 5. The molecule has 3 nitrogen and oxygen atoms in total. The monoisotopic (exact) mass is 400 g/mol. The Morgan fingerprint density at radius 2 is 1.84 bits per heavy atom. The van der Waals surface area contributed by atoms with Crippen LogP contribution in [0.4, 0.5) is 0 Å². The van der Waals surface area contributed by atoms with Gasteiger partial charge in [0, 0.05) is 31.2 Å². The lowest BCUT2D eigenvalue weighted by Crippen LogP contribution is -2.43. The van der Waals surface area contributed by atoms with Crippen LogP contribution in [0, 0.1) is 5.92 Å². The van der Waals surface area contributed by atoms with Gasteiger partial charge in [-0.1, -0.05) is 58.4 Å². The van der Waals surface area contributed by atoms with Crippen molar-refractivity contribution >= 4 is 21.8 Å². The van der Waals surface area contributed by atoms with Crippen molar-refractivity contribution in [1.82, 2.24) is 9.80 Å². The molecule has 1 amide bonds. The summed E-state index contributed by atoms with van der Waals surface area (Å²) in [5, 5.41) is 0. The molecular formula is C21H25BrN2O. The first-order valence-electron chi connectivity index (χ1n) is 8.87. The van der Waals surface area contributed by atoms with Crippen molar-refractivity contribution in [3.05, 3.63) is 70.2 Å². The number of hydrogen-bond donors (Lipinski definition) is 0. The summed E-state index contributed by atoms with van der Waals surface area (Å²) in [5.74, 6) is 0.377. The lowest BCUT2D eigenvalue weighted by molar-refractivity contribution is -0.136. The zero-order chi connectivity index (χ0) is 17.6. The molecule has 132 valence electrons. The SMILES string of the molecule is CN(Cc1ccccc1)C(=O)[C@H]1CCCN(Cc2ccc(Br)cc2)C1. The zero-order valence-electron chi connectivity index (χ0n) is 14.7. The van der Waals surface area contributed by atoms with E-state index in [1.807, 2.05) is 30.1 Å². The van der Waals surface area contributed by atoms with E-state index in [1.54, 1.807) is 0 Å². The van der Waals surface area contributed by atoms with Gasteiger partial charge in [0.15, 0.2) is 0 Å². The fraction of sp³-hybridized carbons (Fsp3) is 0.381. The first kappa shape index (κ1) is 18.2. The van der Waals surface area contributed by atoms with Gasteiger partial charge >= 0.3 is 0 Å². The molecule has 0 radical (unpaired) electrons. The number of hydrogen-bond acceptors (Lipinski definition) is 2. The van der Waals surface area contributed by atoms with Gasteiger partial charge in [0.25, 0.3) is 0 Å². The van der Waals surface area contributed by atoms with Crippen LogP contribution in [0.3, 0.4) is 0 Å². The molecule has 0 N–H and O–H groups in total. The highest BCUT2D eigenvalue weighted by Gasteiger charge is 2.27. The van der Waals surface area contributed by atoms with E-state index in [-0.39, 0.29) is 11.8 Å². The Hall–Kier alpha value is -1.65. The number of amides is 1. The Balaban J connectivity index is 1.56. The van der Waals surface area contributed by atoms with Crippen molar-refractivity contribution in [3.8, 4) is 0 Å². The molecule has 1 heterocycles. The number of nitrogens with zero attached hydrogens (tertiary/aromatic N) is 2. The largest absolute Gasteiger partial charge is 0.341 e. The Morgan fingerprint density at radius 3 is 2.56 bits per heavy atom. The minimum absolute atomic E-state index is 0.109. The fourth-order valence-electron chi connectivity index (χ4n) is 3.50. The molecule has 25 heavy (non-hydrogen) atoms. The number of carbonyl (C=O) groups excluding carboxylic acids is 1. The molecule has 2 aromatic rings. The number of likely N-dealkylation sites (tertiary alicyclic amines) is 1. The van der Waals surface area contributed by atoms with Gasteiger partial charge in [-0.25, -0.2) is 0 Å². The summed E-state index contributed by atoms with van der Waals surface area (Å²) in [5.41, 5.74) is 2.48. The average molecular weight is 401 g/mol. The molecule has 4 heteroatoms. The molecule has 3 rings (SSSR count). The van der Waals surface area contributed by atoms with E-state index < -0.39 is 0 Å². The van der Waals surface area contributed by atoms with Crippen LogP contribution < -0.4 is 0 Å². The maximum atomic E-state index is 12.8. The third kappa shape index (κ3) is 5.16. The normalized spacial score (nSPS) is 18.1. The maximum absolute atomic E-state index is 12.8. The molecule has 0 aromatic heterocycles. The zero-order valence-corrected chi connectivity index (χ0v) is 16.3. The summed E-state index contributed by atoms with van der Waals surface area (Å²) in [6, 6.07) is 18.7. The second kappa shape index (κ2) is 8.63. The molecule has 0 unspecified atom stereocenters. The molecule has 0 saturated carbocycles. The second-order valence-electron chi connectivity index (χ2n) is 6.88. The van der Waals surface area contributed by atoms with Gasteiger partial charge in [-0.3, -0.25) is 9.69 Å². The molecule has 1 saturated heterocycles. The molecule has 2 aromatic carbocycles. The summed E-state index contributed by atoms with van der Waals surface area (Å²) in [6.45, 7) is 3.53. The van der Waals surface area contributed by atoms with E-state index in [9.17, 15) is 4.79 Å². The number of carbonyl (C=O) groups is 1. The minimum atomic E-state index is 0.109. The van der Waals surface area contributed by atoms with E-state index in [4.69, 9.17) is 0 Å². The smallest absolute Gasteiger partial charge is 0.227 e. The van der Waals surface area contributed by atoms with Crippen LogP contribution in [0.5, 0.6) is 0 Å². The van der Waals surface area contributed by atoms with Crippen LogP contribution in [-0.2, 0) is 17.9 Å². The summed E-state index contributed by atoms with van der Waals surface area (Å²) < 4.78 is 1.10. The predicted octanol–water partition coefficient (Wildman–Crippen LogP) is 4.32. The maximum Gasteiger partial charge on any atom is 0.227 e. The fourth-order valence-corrected chi connectivity index (χ4v) is 3.76. The van der Waals surface area contributed by atoms with Gasteiger partial charge in [-0.05, 0) is 42.6 Å². The lowest BCUT2D eigenvalue weighted by atomic mass is 9.96. The first-order chi connectivity index (χ1) is 12.1. The van der Waals surface area contributed by atoms with Gasteiger partial charge < -0.3 is 4.90 Å². The van der Waals surface area contributed by atoms with Gasteiger partial charge in [-0.15, -0.1) is 0 Å². The second-order valence-corrected chi connectivity index (χ2v) is 7.80. The number of piperidine rings is 1. The highest BCUT2D eigenvalue weighted by Crippen LogP contribution is 2.21. The van der Waals surface area contributed by atoms with E-state index in [1.165, 1.54) is 11.1 Å². The van der Waals surface area contributed by atoms with Crippen molar-refractivity contribution in [2.45, 2.75) is 25.9 Å². The molecular weight excluding hydrogens is 376 g/mol. The summed E-state index contributed by atoms with van der Waals surface area (Å²) >= 11 is 3.48. The molecule has 1 fully saturated rings. The predicted molar refractivity (Wildman–Crippen MR) is 105 cm³/mol. The van der Waals surface area contributed by atoms with Crippen LogP contribution in [0.15, 0.2) is 59.1 Å². The average Bonchev–Trinajstić information content (AvgIpc) is 2.64. The Morgan fingerprint density at radius 1 is 1.12 bits per heavy atom. The van der Waals surface area contributed by atoms with Crippen LogP contribution in [0.1, 0.15) is 24.0 Å². The highest BCUT2D eigenvalue weighted by atomic mass is 79.9. The Labute approximate surface area is 158 Å². The quantitative estimate of drug-likeness (QED) is 0.745. The topological polar surface area (TPSA) is 23.6 Å². The van der Waals surface area contributed by atoms with E-state index in [0.717, 1.165) is 36.9 Å². The third-order valence-corrected chi connectivity index (χ3v) is 5.34. The summed E-state index contributed by atoms with van der Waals surface area (Å²) in [4.78, 5) is 17.1. The third-order valence-electron chi connectivity index (χ3n) is 4.81. The van der Waals surface area contributed by atoms with E-state index in [0.29, 0.717) is 6.54 Å². The van der Waals surface area contributed by atoms with E-state index >= 15 is 0 Å². The molecule has 1 aliphatic heterocycles. The molecule has 0 spiro atoms. The summed E-state index contributed by atoms with van der Waals surface area (Å²) in [6.07, 6.45) is 2.08.